The van der Waals surface area contributed by atoms with Crippen molar-refractivity contribution in [1.82, 2.24) is 5.32 Å². The van der Waals surface area contributed by atoms with Crippen LogP contribution >= 0.6 is 0 Å². The van der Waals surface area contributed by atoms with Gasteiger partial charge in [0, 0.05) is 12.6 Å². The largest absolute Gasteiger partial charge is 0.377 e. The molecule has 2 nitrogen and oxygen atoms in total. The summed E-state index contributed by atoms with van der Waals surface area (Å²) < 4.78 is 19.5. The zero-order valence-electron chi connectivity index (χ0n) is 14.1. The highest BCUT2D eigenvalue weighted by atomic mass is 19.1. The van der Waals surface area contributed by atoms with Gasteiger partial charge in [-0.25, -0.2) is 4.39 Å². The number of hydrogen-bond donors (Lipinski definition) is 1. The minimum Gasteiger partial charge on any atom is -0.377 e. The van der Waals surface area contributed by atoms with Crippen LogP contribution in [-0.2, 0) is 11.2 Å². The van der Waals surface area contributed by atoms with Crippen LogP contribution in [0.3, 0.4) is 0 Å². The molecule has 1 aromatic rings. The van der Waals surface area contributed by atoms with Crippen molar-refractivity contribution in [2.24, 2.45) is 5.92 Å². The number of nitrogens with one attached hydrogen (secondary N) is 1. The number of rotatable bonds is 9. The summed E-state index contributed by atoms with van der Waals surface area (Å²) >= 11 is 0. The second-order valence-electron chi connectivity index (χ2n) is 6.00. The molecule has 0 aromatic heterocycles. The van der Waals surface area contributed by atoms with Gasteiger partial charge in [0.15, 0.2) is 0 Å². The van der Waals surface area contributed by atoms with E-state index < -0.39 is 0 Å². The Kier molecular flexibility index (Phi) is 7.91. The lowest BCUT2D eigenvalue weighted by atomic mass is 9.92. The lowest BCUT2D eigenvalue weighted by Crippen LogP contribution is -2.46. The first-order valence-corrected chi connectivity index (χ1v) is 8.09. The van der Waals surface area contributed by atoms with Gasteiger partial charge in [-0.3, -0.25) is 0 Å². The maximum Gasteiger partial charge on any atom is 0.123 e. The van der Waals surface area contributed by atoms with E-state index in [1.165, 1.54) is 6.07 Å². The van der Waals surface area contributed by atoms with Gasteiger partial charge in [-0.2, -0.15) is 0 Å². The minimum absolute atomic E-state index is 0.143. The van der Waals surface area contributed by atoms with Gasteiger partial charge in [0.05, 0.1) is 6.10 Å². The van der Waals surface area contributed by atoms with Gasteiger partial charge < -0.3 is 10.1 Å². The second-order valence-corrected chi connectivity index (χ2v) is 6.00. The summed E-state index contributed by atoms with van der Waals surface area (Å²) in [5.41, 5.74) is 2.20. The van der Waals surface area contributed by atoms with Crippen LogP contribution in [0.1, 0.15) is 45.2 Å². The highest BCUT2D eigenvalue weighted by Crippen LogP contribution is 2.19. The van der Waals surface area contributed by atoms with Gasteiger partial charge in [0.25, 0.3) is 0 Å². The van der Waals surface area contributed by atoms with Crippen molar-refractivity contribution in [3.8, 4) is 0 Å². The molecule has 0 aliphatic carbocycles. The molecule has 1 aromatic carbocycles. The lowest BCUT2D eigenvalue weighted by Gasteiger charge is -2.31. The third-order valence-corrected chi connectivity index (χ3v) is 3.82. The standard InChI is InChI=1S/C18H30FNO/c1-6-10-20-17(18(13(3)4)21-7-2)12-15-11-16(19)9-8-14(15)5/h8-9,11,13,17-18,20H,6-7,10,12H2,1-5H3. The first-order valence-electron chi connectivity index (χ1n) is 8.09. The van der Waals surface area contributed by atoms with Crippen LogP contribution in [-0.4, -0.2) is 25.3 Å². The summed E-state index contributed by atoms with van der Waals surface area (Å²) in [6.45, 7) is 12.2. The molecule has 3 heteroatoms. The molecule has 2 atom stereocenters. The van der Waals surface area contributed by atoms with Crippen LogP contribution in [0.25, 0.3) is 0 Å². The topological polar surface area (TPSA) is 21.3 Å². The summed E-state index contributed by atoms with van der Waals surface area (Å²) in [5.74, 6) is 0.260. The Morgan fingerprint density at radius 2 is 1.95 bits per heavy atom. The van der Waals surface area contributed by atoms with E-state index in [4.69, 9.17) is 4.74 Å². The van der Waals surface area contributed by atoms with E-state index in [1.54, 1.807) is 6.07 Å². The van der Waals surface area contributed by atoms with Crippen LogP contribution in [0.5, 0.6) is 0 Å². The third-order valence-electron chi connectivity index (χ3n) is 3.82. The fourth-order valence-corrected chi connectivity index (χ4v) is 2.70. The highest BCUT2D eigenvalue weighted by molar-refractivity contribution is 5.27. The predicted octanol–water partition coefficient (Wildman–Crippen LogP) is 4.11. The van der Waals surface area contributed by atoms with Crippen molar-refractivity contribution < 1.29 is 9.13 Å². The Morgan fingerprint density at radius 1 is 1.24 bits per heavy atom. The van der Waals surface area contributed by atoms with Crippen molar-refractivity contribution in [3.63, 3.8) is 0 Å². The van der Waals surface area contributed by atoms with Gasteiger partial charge in [-0.05, 0) is 62.4 Å². The first-order chi connectivity index (χ1) is 9.99. The van der Waals surface area contributed by atoms with E-state index in [0.29, 0.717) is 12.5 Å². The van der Waals surface area contributed by atoms with E-state index in [9.17, 15) is 4.39 Å². The molecule has 0 aliphatic heterocycles. The molecular formula is C18H30FNO. The SMILES string of the molecule is CCCNC(Cc1cc(F)ccc1C)C(OCC)C(C)C. The Labute approximate surface area is 129 Å². The second kappa shape index (κ2) is 9.16. The van der Waals surface area contributed by atoms with Crippen LogP contribution in [0.4, 0.5) is 4.39 Å². The third kappa shape index (κ3) is 5.76. The molecule has 0 fully saturated rings. The average Bonchev–Trinajstić information content (AvgIpc) is 2.44. The average molecular weight is 295 g/mol. The molecular weight excluding hydrogens is 265 g/mol. The van der Waals surface area contributed by atoms with E-state index in [-0.39, 0.29) is 18.0 Å². The number of benzene rings is 1. The minimum atomic E-state index is -0.164. The van der Waals surface area contributed by atoms with E-state index in [1.807, 2.05) is 19.9 Å². The van der Waals surface area contributed by atoms with Crippen LogP contribution in [0.15, 0.2) is 18.2 Å². The molecule has 0 aliphatic rings. The maximum atomic E-state index is 13.5. The molecule has 0 heterocycles. The summed E-state index contributed by atoms with van der Waals surface area (Å²) in [6.07, 6.45) is 2.02. The normalized spacial score (nSPS) is 14.4. The summed E-state index contributed by atoms with van der Waals surface area (Å²) in [6, 6.07) is 5.24. The van der Waals surface area contributed by atoms with Gasteiger partial charge in [0.1, 0.15) is 5.82 Å². The lowest BCUT2D eigenvalue weighted by molar-refractivity contribution is 0.00358. The summed E-state index contributed by atoms with van der Waals surface area (Å²) in [4.78, 5) is 0. The smallest absolute Gasteiger partial charge is 0.123 e. The van der Waals surface area contributed by atoms with E-state index in [0.717, 1.165) is 30.5 Å². The number of halogens is 1. The van der Waals surface area contributed by atoms with E-state index >= 15 is 0 Å². The summed E-state index contributed by atoms with van der Waals surface area (Å²) in [7, 11) is 0. The molecule has 0 bridgehead atoms. The molecule has 21 heavy (non-hydrogen) atoms. The number of hydrogen-bond acceptors (Lipinski definition) is 2. The van der Waals surface area contributed by atoms with Crippen LogP contribution in [0, 0.1) is 18.7 Å². The maximum absolute atomic E-state index is 13.5. The molecule has 120 valence electrons. The molecule has 0 spiro atoms. The monoisotopic (exact) mass is 295 g/mol. The molecule has 0 saturated carbocycles. The van der Waals surface area contributed by atoms with Crippen molar-refractivity contribution >= 4 is 0 Å². The van der Waals surface area contributed by atoms with Crippen molar-refractivity contribution in [1.29, 1.82) is 0 Å². The zero-order chi connectivity index (χ0) is 15.8. The van der Waals surface area contributed by atoms with Gasteiger partial charge in [-0.1, -0.05) is 26.8 Å². The van der Waals surface area contributed by atoms with Crippen molar-refractivity contribution in [3.05, 3.63) is 35.1 Å². The predicted molar refractivity (Wildman–Crippen MR) is 87.2 cm³/mol. The van der Waals surface area contributed by atoms with Crippen molar-refractivity contribution in [2.75, 3.05) is 13.2 Å². The zero-order valence-corrected chi connectivity index (χ0v) is 14.1. The molecule has 0 saturated heterocycles. The van der Waals surface area contributed by atoms with Crippen LogP contribution < -0.4 is 5.32 Å². The van der Waals surface area contributed by atoms with E-state index in [2.05, 4.69) is 26.1 Å². The van der Waals surface area contributed by atoms with Crippen LogP contribution in [0.2, 0.25) is 0 Å². The molecule has 0 radical (unpaired) electrons. The highest BCUT2D eigenvalue weighted by Gasteiger charge is 2.25. The summed E-state index contributed by atoms with van der Waals surface area (Å²) in [5, 5.41) is 3.58. The Hall–Kier alpha value is -0.930. The quantitative estimate of drug-likeness (QED) is 0.740. The number of ether oxygens (including phenoxy) is 1. The molecule has 1 N–H and O–H groups in total. The number of aryl methyl sites for hydroxylation is 1. The Bertz CT molecular complexity index is 420. The Balaban J connectivity index is 2.92. The first kappa shape index (κ1) is 18.1. The fraction of sp³-hybridized carbons (Fsp3) is 0.667. The molecule has 1 rings (SSSR count). The Morgan fingerprint density at radius 3 is 2.52 bits per heavy atom. The fourth-order valence-electron chi connectivity index (χ4n) is 2.70. The van der Waals surface area contributed by atoms with Gasteiger partial charge in [-0.15, -0.1) is 0 Å². The van der Waals surface area contributed by atoms with Gasteiger partial charge in [0.2, 0.25) is 0 Å². The van der Waals surface area contributed by atoms with Gasteiger partial charge >= 0.3 is 0 Å². The molecule has 0 amide bonds. The van der Waals surface area contributed by atoms with Crippen molar-refractivity contribution in [2.45, 2.75) is 59.6 Å². The molecule has 2 unspecified atom stereocenters.